The number of aromatic amines is 1. The molecule has 0 atom stereocenters. The van der Waals surface area contributed by atoms with E-state index in [0.717, 1.165) is 22.6 Å². The number of rotatable bonds is 5. The second-order valence-corrected chi connectivity index (χ2v) is 4.86. The lowest BCUT2D eigenvalue weighted by Gasteiger charge is -2.06. The molecule has 0 amide bonds. The average Bonchev–Trinajstić information content (AvgIpc) is 3.17. The van der Waals surface area contributed by atoms with E-state index in [1.54, 1.807) is 13.3 Å². The van der Waals surface area contributed by atoms with Gasteiger partial charge in [-0.25, -0.2) is 0 Å². The number of nitriles is 1. The molecule has 0 aliphatic carbocycles. The lowest BCUT2D eigenvalue weighted by atomic mass is 10.1. The number of ether oxygens (including phenoxy) is 1. The fraction of sp³-hybridized carbons (Fsp3) is 0.0588. The highest BCUT2D eigenvalue weighted by molar-refractivity contribution is 5.74. The molecule has 3 rings (SSSR count). The third-order valence-corrected chi connectivity index (χ3v) is 3.38. The van der Waals surface area contributed by atoms with Crippen molar-refractivity contribution in [1.82, 2.24) is 20.6 Å². The van der Waals surface area contributed by atoms with Gasteiger partial charge in [-0.3, -0.25) is 0 Å². The number of tetrazole rings is 1. The van der Waals surface area contributed by atoms with E-state index in [1.165, 1.54) is 0 Å². The molecule has 3 aromatic rings. The third kappa shape index (κ3) is 3.39. The summed E-state index contributed by atoms with van der Waals surface area (Å²) in [4.78, 5) is 0. The first-order chi connectivity index (χ1) is 11.8. The van der Waals surface area contributed by atoms with Gasteiger partial charge in [-0.05, 0) is 40.6 Å². The zero-order valence-corrected chi connectivity index (χ0v) is 12.9. The Kier molecular flexibility index (Phi) is 4.49. The number of nitrogens with one attached hydrogen (secondary N) is 2. The summed E-state index contributed by atoms with van der Waals surface area (Å²) in [6.45, 7) is 0. The summed E-state index contributed by atoms with van der Waals surface area (Å²) in [5, 5.41) is 25.5. The molecule has 0 saturated carbocycles. The molecular weight excluding hydrogens is 304 g/mol. The van der Waals surface area contributed by atoms with Crippen LogP contribution in [0.25, 0.3) is 16.7 Å². The van der Waals surface area contributed by atoms with E-state index < -0.39 is 0 Å². The van der Waals surface area contributed by atoms with Crippen molar-refractivity contribution in [2.45, 2.75) is 0 Å². The van der Waals surface area contributed by atoms with Gasteiger partial charge in [0.2, 0.25) is 5.82 Å². The summed E-state index contributed by atoms with van der Waals surface area (Å²) < 4.78 is 5.24. The van der Waals surface area contributed by atoms with E-state index in [1.807, 2.05) is 54.6 Å². The van der Waals surface area contributed by atoms with Crippen LogP contribution < -0.4 is 10.1 Å². The normalized spacial score (nSPS) is 10.9. The van der Waals surface area contributed by atoms with Crippen LogP contribution in [0.2, 0.25) is 0 Å². The highest BCUT2D eigenvalue weighted by atomic mass is 16.5. The average molecular weight is 318 g/mol. The van der Waals surface area contributed by atoms with Crippen LogP contribution in [0.1, 0.15) is 5.82 Å². The summed E-state index contributed by atoms with van der Waals surface area (Å²) in [6.07, 6.45) is 1.55. The minimum atomic E-state index is 0.248. The van der Waals surface area contributed by atoms with Crippen molar-refractivity contribution >= 4 is 11.3 Å². The monoisotopic (exact) mass is 318 g/mol. The molecule has 1 aromatic heterocycles. The van der Waals surface area contributed by atoms with Crippen molar-refractivity contribution in [2.75, 3.05) is 12.4 Å². The molecular formula is C17H14N6O. The second-order valence-electron chi connectivity index (χ2n) is 4.86. The summed E-state index contributed by atoms with van der Waals surface area (Å²) in [6, 6.07) is 17.7. The van der Waals surface area contributed by atoms with Crippen molar-refractivity contribution in [3.8, 4) is 22.9 Å². The number of allylic oxidation sites excluding steroid dienone is 1. The molecule has 0 spiro atoms. The van der Waals surface area contributed by atoms with Crippen LogP contribution in [-0.2, 0) is 0 Å². The largest absolute Gasteiger partial charge is 0.497 e. The van der Waals surface area contributed by atoms with Crippen molar-refractivity contribution in [3.05, 3.63) is 60.6 Å². The highest BCUT2D eigenvalue weighted by Gasteiger charge is 2.05. The van der Waals surface area contributed by atoms with Crippen LogP contribution in [-0.4, -0.2) is 27.7 Å². The maximum absolute atomic E-state index is 9.13. The summed E-state index contributed by atoms with van der Waals surface area (Å²) in [7, 11) is 1.65. The van der Waals surface area contributed by atoms with Crippen LogP contribution in [0.15, 0.2) is 54.7 Å². The number of hydrogen-bond donors (Lipinski definition) is 2. The first kappa shape index (κ1) is 15.2. The molecule has 7 heteroatoms. The standard InChI is InChI=1S/C17H14N6O/c1-24-16-4-2-3-13(9-16)12-5-7-15(8-6-12)19-11-14(10-18)17-20-22-23-21-17/h2-9,11,19H,1H3,(H,20,21,22,23). The van der Waals surface area contributed by atoms with Crippen LogP contribution >= 0.6 is 0 Å². The number of hydrogen-bond acceptors (Lipinski definition) is 6. The zero-order valence-electron chi connectivity index (χ0n) is 12.9. The Bertz CT molecular complexity index is 878. The molecule has 0 aliphatic rings. The minimum absolute atomic E-state index is 0.248. The Morgan fingerprint density at radius 1 is 1.21 bits per heavy atom. The fourth-order valence-corrected chi connectivity index (χ4v) is 2.14. The van der Waals surface area contributed by atoms with E-state index in [0.29, 0.717) is 5.57 Å². The number of aromatic nitrogens is 4. The number of nitrogens with zero attached hydrogens (tertiary/aromatic N) is 4. The highest BCUT2D eigenvalue weighted by Crippen LogP contribution is 2.25. The number of methoxy groups -OCH3 is 1. The first-order valence-electron chi connectivity index (χ1n) is 7.15. The summed E-state index contributed by atoms with van der Waals surface area (Å²) in [5.41, 5.74) is 3.28. The van der Waals surface area contributed by atoms with Crippen LogP contribution in [0.3, 0.4) is 0 Å². The molecule has 0 bridgehead atoms. The van der Waals surface area contributed by atoms with E-state index in [-0.39, 0.29) is 5.82 Å². The van der Waals surface area contributed by atoms with E-state index in [2.05, 4.69) is 25.9 Å². The predicted molar refractivity (Wildman–Crippen MR) is 89.8 cm³/mol. The molecule has 2 N–H and O–H groups in total. The van der Waals surface area contributed by atoms with Gasteiger partial charge in [-0.2, -0.15) is 10.5 Å². The Labute approximate surface area is 138 Å². The Morgan fingerprint density at radius 2 is 2.04 bits per heavy atom. The molecule has 0 radical (unpaired) electrons. The molecule has 0 unspecified atom stereocenters. The molecule has 7 nitrogen and oxygen atoms in total. The van der Waals surface area contributed by atoms with Gasteiger partial charge in [0.1, 0.15) is 17.4 Å². The van der Waals surface area contributed by atoms with Crippen molar-refractivity contribution < 1.29 is 4.74 Å². The molecule has 0 fully saturated rings. The van der Waals surface area contributed by atoms with Crippen molar-refractivity contribution in [2.24, 2.45) is 0 Å². The van der Waals surface area contributed by atoms with Gasteiger partial charge in [0.15, 0.2) is 0 Å². The summed E-state index contributed by atoms with van der Waals surface area (Å²) >= 11 is 0. The van der Waals surface area contributed by atoms with Gasteiger partial charge in [0.05, 0.1) is 7.11 Å². The van der Waals surface area contributed by atoms with Gasteiger partial charge < -0.3 is 10.1 Å². The summed E-state index contributed by atoms with van der Waals surface area (Å²) in [5.74, 6) is 1.06. The smallest absolute Gasteiger partial charge is 0.216 e. The lowest BCUT2D eigenvalue weighted by Crippen LogP contribution is -1.93. The number of anilines is 1. The lowest BCUT2D eigenvalue weighted by molar-refractivity contribution is 0.415. The first-order valence-corrected chi connectivity index (χ1v) is 7.15. The molecule has 0 aliphatic heterocycles. The second kappa shape index (κ2) is 7.07. The van der Waals surface area contributed by atoms with Crippen molar-refractivity contribution in [1.29, 1.82) is 5.26 Å². The van der Waals surface area contributed by atoms with E-state index in [9.17, 15) is 0 Å². The molecule has 24 heavy (non-hydrogen) atoms. The molecule has 2 aromatic carbocycles. The number of benzene rings is 2. The Hall–Kier alpha value is -3.66. The van der Waals surface area contributed by atoms with Gasteiger partial charge in [-0.1, -0.05) is 24.3 Å². The molecule has 1 heterocycles. The fourth-order valence-electron chi connectivity index (χ4n) is 2.14. The van der Waals surface area contributed by atoms with E-state index >= 15 is 0 Å². The maximum Gasteiger partial charge on any atom is 0.216 e. The predicted octanol–water partition coefficient (Wildman–Crippen LogP) is 2.85. The van der Waals surface area contributed by atoms with Gasteiger partial charge in [0, 0.05) is 11.9 Å². The third-order valence-electron chi connectivity index (χ3n) is 3.38. The van der Waals surface area contributed by atoms with Gasteiger partial charge >= 0.3 is 0 Å². The SMILES string of the molecule is COc1cccc(-c2ccc(NC=C(C#N)c3nn[nH]n3)cc2)c1. The zero-order chi connectivity index (χ0) is 16.8. The molecule has 118 valence electrons. The quantitative estimate of drug-likeness (QED) is 0.702. The van der Waals surface area contributed by atoms with Crippen LogP contribution in [0, 0.1) is 11.3 Å². The van der Waals surface area contributed by atoms with Crippen LogP contribution in [0.5, 0.6) is 5.75 Å². The van der Waals surface area contributed by atoms with Crippen molar-refractivity contribution in [3.63, 3.8) is 0 Å². The molecule has 0 saturated heterocycles. The number of H-pyrrole nitrogens is 1. The Balaban J connectivity index is 1.76. The topological polar surface area (TPSA) is 99.5 Å². The van der Waals surface area contributed by atoms with Gasteiger partial charge in [0.25, 0.3) is 0 Å². The maximum atomic E-state index is 9.13. The van der Waals surface area contributed by atoms with E-state index in [4.69, 9.17) is 10.00 Å². The van der Waals surface area contributed by atoms with Gasteiger partial charge in [-0.15, -0.1) is 10.2 Å². The Morgan fingerprint density at radius 3 is 2.71 bits per heavy atom. The van der Waals surface area contributed by atoms with Crippen LogP contribution in [0.4, 0.5) is 5.69 Å². The minimum Gasteiger partial charge on any atom is -0.497 e.